The predicted octanol–water partition coefficient (Wildman–Crippen LogP) is 1.18. The predicted molar refractivity (Wildman–Crippen MR) is 52.8 cm³/mol. The van der Waals surface area contributed by atoms with Crippen molar-refractivity contribution in [1.82, 2.24) is 4.67 Å². The second kappa shape index (κ2) is 5.94. The molecule has 0 heterocycles. The second-order valence-electron chi connectivity index (χ2n) is 2.99. The molecule has 0 rings (SSSR count). The summed E-state index contributed by atoms with van der Waals surface area (Å²) in [6.45, 7) is 4.72. The van der Waals surface area contributed by atoms with Crippen molar-refractivity contribution in [1.29, 1.82) is 0 Å². The molecular formula is C8H16NO4P. The number of hydrogen-bond acceptors (Lipinski definition) is 3. The number of nitrogens with zero attached hydrogens (tertiary/aromatic N) is 1. The summed E-state index contributed by atoms with van der Waals surface area (Å²) in [5.74, 6) is -1.57. The van der Waals surface area contributed by atoms with Gasteiger partial charge in [0.2, 0.25) is 11.8 Å². The van der Waals surface area contributed by atoms with Gasteiger partial charge in [-0.3, -0.25) is 14.2 Å². The molecule has 1 N–H and O–H groups in total. The number of amides is 2. The van der Waals surface area contributed by atoms with Gasteiger partial charge in [0.05, 0.1) is 0 Å². The van der Waals surface area contributed by atoms with Crippen LogP contribution in [0.2, 0.25) is 0 Å². The fourth-order valence-corrected chi connectivity index (χ4v) is 1.85. The number of hydrogen-bond donors (Lipinski definition) is 1. The van der Waals surface area contributed by atoms with Crippen molar-refractivity contribution >= 4 is 20.0 Å². The molecule has 1 atom stereocenters. The third kappa shape index (κ3) is 3.24. The van der Waals surface area contributed by atoms with Crippen LogP contribution in [-0.4, -0.2) is 21.4 Å². The van der Waals surface area contributed by atoms with Crippen molar-refractivity contribution in [2.75, 3.05) is 0 Å². The van der Waals surface area contributed by atoms with Gasteiger partial charge in [-0.25, -0.2) is 4.67 Å². The third-order valence-corrected chi connectivity index (χ3v) is 2.98. The Balaban J connectivity index is 4.76. The van der Waals surface area contributed by atoms with E-state index in [-0.39, 0.29) is 5.92 Å². The minimum absolute atomic E-state index is 0.347. The SMILES string of the molecule is CCC(CC)C(=O)N(C(C)=O)[PH](=O)O. The highest BCUT2D eigenvalue weighted by molar-refractivity contribution is 7.37. The van der Waals surface area contributed by atoms with Crippen molar-refractivity contribution in [3.05, 3.63) is 0 Å². The molecule has 1 unspecified atom stereocenters. The van der Waals surface area contributed by atoms with Gasteiger partial charge >= 0.3 is 0 Å². The topological polar surface area (TPSA) is 74.7 Å². The first-order valence-corrected chi connectivity index (χ1v) is 5.83. The van der Waals surface area contributed by atoms with Crippen molar-refractivity contribution < 1.29 is 19.0 Å². The van der Waals surface area contributed by atoms with E-state index in [0.29, 0.717) is 17.5 Å². The lowest BCUT2D eigenvalue weighted by molar-refractivity contribution is -0.140. The lowest BCUT2D eigenvalue weighted by Crippen LogP contribution is -2.33. The molecule has 6 heteroatoms. The summed E-state index contributed by atoms with van der Waals surface area (Å²) in [4.78, 5) is 31.3. The Kier molecular flexibility index (Phi) is 5.65. The van der Waals surface area contributed by atoms with E-state index in [2.05, 4.69) is 0 Å². The number of rotatable bonds is 4. The van der Waals surface area contributed by atoms with Gasteiger partial charge in [0.15, 0.2) is 0 Å². The summed E-state index contributed by atoms with van der Waals surface area (Å²) in [7, 11) is -3.25. The fraction of sp³-hybridized carbons (Fsp3) is 0.750. The molecule has 2 amide bonds. The molecule has 5 nitrogen and oxygen atoms in total. The van der Waals surface area contributed by atoms with Crippen LogP contribution < -0.4 is 0 Å². The minimum Gasteiger partial charge on any atom is -0.331 e. The molecule has 0 saturated heterocycles. The molecule has 0 aliphatic heterocycles. The zero-order chi connectivity index (χ0) is 11.3. The van der Waals surface area contributed by atoms with Gasteiger partial charge in [-0.1, -0.05) is 13.8 Å². The van der Waals surface area contributed by atoms with E-state index in [1.54, 1.807) is 13.8 Å². The monoisotopic (exact) mass is 221 g/mol. The summed E-state index contributed by atoms with van der Waals surface area (Å²) in [6.07, 6.45) is 1.13. The van der Waals surface area contributed by atoms with Gasteiger partial charge in [-0.15, -0.1) is 0 Å². The van der Waals surface area contributed by atoms with Crippen molar-refractivity contribution in [2.24, 2.45) is 5.92 Å². The highest BCUT2D eigenvalue weighted by Crippen LogP contribution is 2.26. The molecular weight excluding hydrogens is 205 g/mol. The van der Waals surface area contributed by atoms with Gasteiger partial charge in [0.1, 0.15) is 0 Å². The van der Waals surface area contributed by atoms with E-state index in [1.807, 2.05) is 0 Å². The van der Waals surface area contributed by atoms with Crippen LogP contribution >= 0.6 is 8.18 Å². The van der Waals surface area contributed by atoms with E-state index in [4.69, 9.17) is 4.89 Å². The number of imide groups is 1. The maximum atomic E-state index is 11.6. The molecule has 82 valence electrons. The van der Waals surface area contributed by atoms with E-state index in [9.17, 15) is 14.2 Å². The van der Waals surface area contributed by atoms with Gasteiger partial charge in [0.25, 0.3) is 8.18 Å². The van der Waals surface area contributed by atoms with Crippen molar-refractivity contribution in [3.8, 4) is 0 Å². The smallest absolute Gasteiger partial charge is 0.291 e. The van der Waals surface area contributed by atoms with E-state index < -0.39 is 20.0 Å². The van der Waals surface area contributed by atoms with Gasteiger partial charge in [0, 0.05) is 12.8 Å². The fourth-order valence-electron chi connectivity index (χ4n) is 1.20. The van der Waals surface area contributed by atoms with Gasteiger partial charge < -0.3 is 4.89 Å². The Labute approximate surface area is 84.0 Å². The largest absolute Gasteiger partial charge is 0.331 e. The molecule has 0 aromatic heterocycles. The molecule has 0 aliphatic carbocycles. The first-order chi connectivity index (χ1) is 6.45. The number of carbonyl (C=O) groups is 2. The average Bonchev–Trinajstić information content (AvgIpc) is 2.04. The first kappa shape index (κ1) is 13.3. The highest BCUT2D eigenvalue weighted by Gasteiger charge is 2.27. The second-order valence-corrected chi connectivity index (χ2v) is 4.00. The lowest BCUT2D eigenvalue weighted by atomic mass is 10.0. The Hall–Kier alpha value is -0.670. The van der Waals surface area contributed by atoms with Crippen LogP contribution in [0.15, 0.2) is 0 Å². The Morgan fingerprint density at radius 2 is 1.79 bits per heavy atom. The molecule has 0 bridgehead atoms. The Morgan fingerprint density at radius 3 is 2.00 bits per heavy atom. The highest BCUT2D eigenvalue weighted by atomic mass is 31.1. The molecule has 0 aliphatic rings. The van der Waals surface area contributed by atoms with E-state index in [1.165, 1.54) is 0 Å². The van der Waals surface area contributed by atoms with E-state index in [0.717, 1.165) is 6.92 Å². The normalized spacial score (nSPS) is 12.6. The van der Waals surface area contributed by atoms with Crippen LogP contribution in [0, 0.1) is 5.92 Å². The average molecular weight is 221 g/mol. The van der Waals surface area contributed by atoms with Crippen LogP contribution in [0.25, 0.3) is 0 Å². The van der Waals surface area contributed by atoms with Crippen LogP contribution in [0.5, 0.6) is 0 Å². The molecule has 0 aromatic carbocycles. The molecule has 0 aromatic rings. The molecule has 0 spiro atoms. The third-order valence-electron chi connectivity index (χ3n) is 2.06. The summed E-state index contributed by atoms with van der Waals surface area (Å²) in [5, 5.41) is 0. The van der Waals surface area contributed by atoms with E-state index >= 15 is 0 Å². The number of carbonyl (C=O) groups excluding carboxylic acids is 2. The standard InChI is InChI=1S/C8H16NO4P/c1-4-7(5-2)8(11)9(6(3)10)14(12)13/h7,14H,4-5H2,1-3H3,(H,12,13). The van der Waals surface area contributed by atoms with Gasteiger partial charge in [-0.2, -0.15) is 0 Å². The molecule has 14 heavy (non-hydrogen) atoms. The van der Waals surface area contributed by atoms with Crippen molar-refractivity contribution in [2.45, 2.75) is 33.6 Å². The minimum atomic E-state index is -3.25. The van der Waals surface area contributed by atoms with Crippen LogP contribution in [0.1, 0.15) is 33.6 Å². The van der Waals surface area contributed by atoms with Crippen LogP contribution in [0.3, 0.4) is 0 Å². The maximum Gasteiger partial charge on any atom is 0.291 e. The zero-order valence-corrected chi connectivity index (χ0v) is 9.61. The zero-order valence-electron chi connectivity index (χ0n) is 8.61. The Bertz CT molecular complexity index is 236. The van der Waals surface area contributed by atoms with Crippen molar-refractivity contribution in [3.63, 3.8) is 0 Å². The Morgan fingerprint density at radius 1 is 1.36 bits per heavy atom. The summed E-state index contributed by atoms with van der Waals surface area (Å²) in [5.41, 5.74) is 0. The molecule has 0 radical (unpaired) electrons. The molecule has 0 fully saturated rings. The quantitative estimate of drug-likeness (QED) is 0.723. The summed E-state index contributed by atoms with van der Waals surface area (Å²) >= 11 is 0. The van der Waals surface area contributed by atoms with Gasteiger partial charge in [-0.05, 0) is 12.8 Å². The maximum absolute atomic E-state index is 11.6. The summed E-state index contributed by atoms with van der Waals surface area (Å²) < 4.78 is 11.2. The molecule has 0 saturated carbocycles. The lowest BCUT2D eigenvalue weighted by Gasteiger charge is -2.20. The van der Waals surface area contributed by atoms with Crippen LogP contribution in [-0.2, 0) is 14.2 Å². The van der Waals surface area contributed by atoms with Crippen LogP contribution in [0.4, 0.5) is 0 Å². The summed E-state index contributed by atoms with van der Waals surface area (Å²) in [6, 6.07) is 0. The first-order valence-electron chi connectivity index (χ1n) is 4.53.